The smallest absolute Gasteiger partial charge is 0.253 e. The Balaban J connectivity index is 1.52. The van der Waals surface area contributed by atoms with Gasteiger partial charge >= 0.3 is 0 Å². The molecule has 1 saturated heterocycles. The van der Waals surface area contributed by atoms with E-state index >= 15 is 0 Å². The van der Waals surface area contributed by atoms with E-state index in [0.29, 0.717) is 29.4 Å². The molecule has 0 atom stereocenters. The van der Waals surface area contributed by atoms with Gasteiger partial charge in [0.2, 0.25) is 5.91 Å². The lowest BCUT2D eigenvalue weighted by atomic mass is 10.1. The first kappa shape index (κ1) is 19.1. The highest BCUT2D eigenvalue weighted by molar-refractivity contribution is 6.31. The zero-order chi connectivity index (χ0) is 19.2. The fourth-order valence-electron chi connectivity index (χ4n) is 2.77. The molecule has 2 amide bonds. The van der Waals surface area contributed by atoms with Crippen molar-refractivity contribution in [3.63, 3.8) is 0 Å². The minimum absolute atomic E-state index is 0.0784. The molecule has 1 N–H and O–H groups in total. The summed E-state index contributed by atoms with van der Waals surface area (Å²) in [5, 5.41) is 3.25. The molecule has 6 nitrogen and oxygen atoms in total. The minimum Gasteiger partial charge on any atom is -0.370 e. The monoisotopic (exact) mass is 386 g/mol. The molecule has 0 bridgehead atoms. The third-order valence-corrected chi connectivity index (χ3v) is 4.41. The second-order valence-corrected chi connectivity index (χ2v) is 6.56. The van der Waals surface area contributed by atoms with E-state index < -0.39 is 0 Å². The number of rotatable bonds is 6. The van der Waals surface area contributed by atoms with Crippen molar-refractivity contribution in [2.45, 2.75) is 12.8 Å². The minimum atomic E-state index is -0.249. The molecule has 0 radical (unpaired) electrons. The number of amides is 2. The summed E-state index contributed by atoms with van der Waals surface area (Å²) in [6.07, 6.45) is 0.182. The molecular weight excluding hydrogens is 368 g/mol. The van der Waals surface area contributed by atoms with E-state index in [0.717, 1.165) is 5.69 Å². The van der Waals surface area contributed by atoms with Crippen LogP contribution in [0.2, 0.25) is 5.02 Å². The Hall–Kier alpha value is -2.70. The third-order valence-electron chi connectivity index (χ3n) is 4.17. The number of halogens is 1. The average Bonchev–Trinajstić information content (AvgIpc) is 2.67. The van der Waals surface area contributed by atoms with E-state index in [1.54, 1.807) is 53.4 Å². The molecule has 0 saturated carbocycles. The highest BCUT2D eigenvalue weighted by Crippen LogP contribution is 2.20. The first-order valence-corrected chi connectivity index (χ1v) is 8.97. The molecule has 0 unspecified atom stereocenters. The molecule has 1 heterocycles. The fourth-order valence-corrected chi connectivity index (χ4v) is 2.96. The van der Waals surface area contributed by atoms with E-state index in [1.165, 1.54) is 0 Å². The molecule has 0 aliphatic carbocycles. The lowest BCUT2D eigenvalue weighted by Crippen LogP contribution is -2.41. The van der Waals surface area contributed by atoms with Crippen LogP contribution in [0.4, 0.5) is 11.4 Å². The summed E-state index contributed by atoms with van der Waals surface area (Å²) in [5.41, 5.74) is 1.87. The normalized spacial score (nSPS) is 14.1. The Kier molecular flexibility index (Phi) is 6.21. The van der Waals surface area contributed by atoms with Gasteiger partial charge in [-0.1, -0.05) is 23.7 Å². The quantitative estimate of drug-likeness (QED) is 0.773. The van der Waals surface area contributed by atoms with Crippen LogP contribution in [0.3, 0.4) is 0 Å². The second kappa shape index (κ2) is 8.79. The van der Waals surface area contributed by atoms with Gasteiger partial charge in [-0.05, 0) is 36.4 Å². The fraction of sp³-hybridized carbons (Fsp3) is 0.250. The number of morpholine rings is 1. The summed E-state index contributed by atoms with van der Waals surface area (Å²) in [6.45, 7) is 1.10. The predicted octanol–water partition coefficient (Wildman–Crippen LogP) is 3.30. The number of anilines is 2. The Morgan fingerprint density at radius 3 is 2.59 bits per heavy atom. The number of carbonyl (C=O) groups excluding carboxylic acids is 3. The van der Waals surface area contributed by atoms with E-state index in [4.69, 9.17) is 16.3 Å². The number of hydrogen-bond donors (Lipinski definition) is 1. The van der Waals surface area contributed by atoms with Crippen LogP contribution < -0.4 is 10.2 Å². The number of nitrogens with zero attached hydrogens (tertiary/aromatic N) is 1. The zero-order valence-electron chi connectivity index (χ0n) is 14.6. The van der Waals surface area contributed by atoms with E-state index in [9.17, 15) is 14.4 Å². The summed E-state index contributed by atoms with van der Waals surface area (Å²) in [4.78, 5) is 37.7. The summed E-state index contributed by atoms with van der Waals surface area (Å²) >= 11 is 5.87. The summed E-state index contributed by atoms with van der Waals surface area (Å²) in [7, 11) is 0. The number of benzene rings is 2. The van der Waals surface area contributed by atoms with Crippen molar-refractivity contribution in [1.29, 1.82) is 0 Å². The summed E-state index contributed by atoms with van der Waals surface area (Å²) in [6, 6.07) is 13.7. The number of ether oxygens (including phenoxy) is 1. The number of Topliss-reactive ketones (excluding diaryl/α,β-unsaturated/α-hetero) is 1. The van der Waals surface area contributed by atoms with Crippen molar-refractivity contribution in [3.8, 4) is 0 Å². The van der Waals surface area contributed by atoms with Crippen molar-refractivity contribution in [3.05, 3.63) is 59.1 Å². The summed E-state index contributed by atoms with van der Waals surface area (Å²) in [5.74, 6) is -0.466. The maximum Gasteiger partial charge on any atom is 0.253 e. The van der Waals surface area contributed by atoms with Gasteiger partial charge in [-0.25, -0.2) is 0 Å². The maximum atomic E-state index is 12.1. The summed E-state index contributed by atoms with van der Waals surface area (Å²) < 4.78 is 5.11. The lowest BCUT2D eigenvalue weighted by Gasteiger charge is -2.26. The number of nitrogens with one attached hydrogen (secondary N) is 1. The van der Waals surface area contributed by atoms with Crippen LogP contribution in [-0.4, -0.2) is 37.4 Å². The van der Waals surface area contributed by atoms with Gasteiger partial charge < -0.3 is 15.0 Å². The molecule has 1 aliphatic rings. The van der Waals surface area contributed by atoms with Crippen LogP contribution in [0.15, 0.2) is 48.5 Å². The first-order chi connectivity index (χ1) is 13.0. The van der Waals surface area contributed by atoms with E-state index in [-0.39, 0.29) is 37.0 Å². The van der Waals surface area contributed by atoms with Gasteiger partial charge in [0.1, 0.15) is 6.61 Å². The van der Waals surface area contributed by atoms with Gasteiger partial charge in [0.25, 0.3) is 5.91 Å². The van der Waals surface area contributed by atoms with Crippen LogP contribution in [0, 0.1) is 0 Å². The Morgan fingerprint density at radius 1 is 1.11 bits per heavy atom. The van der Waals surface area contributed by atoms with Gasteiger partial charge in [0.05, 0.1) is 6.61 Å². The third kappa shape index (κ3) is 5.15. The average molecular weight is 387 g/mol. The van der Waals surface area contributed by atoms with Crippen molar-refractivity contribution < 1.29 is 19.1 Å². The molecule has 27 heavy (non-hydrogen) atoms. The maximum absolute atomic E-state index is 12.1. The highest BCUT2D eigenvalue weighted by Gasteiger charge is 2.20. The molecule has 0 aromatic heterocycles. The molecule has 0 spiro atoms. The van der Waals surface area contributed by atoms with Crippen LogP contribution in [0.5, 0.6) is 0 Å². The van der Waals surface area contributed by atoms with E-state index in [1.807, 2.05) is 0 Å². The molecule has 7 heteroatoms. The van der Waals surface area contributed by atoms with Gasteiger partial charge in [-0.3, -0.25) is 14.4 Å². The van der Waals surface area contributed by atoms with Gasteiger partial charge in [-0.2, -0.15) is 0 Å². The number of carbonyl (C=O) groups is 3. The topological polar surface area (TPSA) is 75.7 Å². The zero-order valence-corrected chi connectivity index (χ0v) is 15.4. The molecule has 2 aromatic carbocycles. The van der Waals surface area contributed by atoms with Gasteiger partial charge in [0, 0.05) is 41.3 Å². The molecule has 1 aliphatic heterocycles. The number of hydrogen-bond acceptors (Lipinski definition) is 4. The van der Waals surface area contributed by atoms with Crippen molar-refractivity contribution in [2.24, 2.45) is 0 Å². The van der Waals surface area contributed by atoms with Crippen LogP contribution in [0.1, 0.15) is 23.2 Å². The van der Waals surface area contributed by atoms with Gasteiger partial charge in [-0.15, -0.1) is 0 Å². The standard InChI is InChI=1S/C20H19ClN2O4/c21-15-3-1-2-14(12-15)18(24)8-9-19(25)22-16-4-6-17(7-5-16)23-10-11-27-13-20(23)26/h1-7,12H,8-11,13H2,(H,22,25). The van der Waals surface area contributed by atoms with Crippen LogP contribution >= 0.6 is 11.6 Å². The first-order valence-electron chi connectivity index (χ1n) is 8.60. The van der Waals surface area contributed by atoms with E-state index in [2.05, 4.69) is 5.32 Å². The predicted molar refractivity (Wildman–Crippen MR) is 103 cm³/mol. The SMILES string of the molecule is O=C(CCC(=O)c1cccc(Cl)c1)Nc1ccc(N2CCOCC2=O)cc1. The molecule has 3 rings (SSSR count). The molecule has 1 fully saturated rings. The Morgan fingerprint density at radius 2 is 1.89 bits per heavy atom. The largest absolute Gasteiger partial charge is 0.370 e. The van der Waals surface area contributed by atoms with Gasteiger partial charge in [0.15, 0.2) is 5.78 Å². The van der Waals surface area contributed by atoms with Crippen molar-refractivity contribution in [2.75, 3.05) is 30.0 Å². The highest BCUT2D eigenvalue weighted by atomic mass is 35.5. The second-order valence-electron chi connectivity index (χ2n) is 6.13. The van der Waals surface area contributed by atoms with Crippen LogP contribution in [-0.2, 0) is 14.3 Å². The van der Waals surface area contributed by atoms with Crippen molar-refractivity contribution in [1.82, 2.24) is 0 Å². The molecule has 2 aromatic rings. The Labute approximate surface area is 162 Å². The number of ketones is 1. The lowest BCUT2D eigenvalue weighted by molar-refractivity contribution is -0.125. The van der Waals surface area contributed by atoms with Crippen LogP contribution in [0.25, 0.3) is 0 Å². The Bertz CT molecular complexity index is 851. The van der Waals surface area contributed by atoms with Crippen molar-refractivity contribution >= 4 is 40.6 Å². The molecular formula is C20H19ClN2O4. The molecule has 140 valence electrons.